The molecule has 98 valence electrons. The number of anilines is 2. The van der Waals surface area contributed by atoms with Gasteiger partial charge in [-0.1, -0.05) is 18.2 Å². The number of rotatable bonds is 3. The average Bonchev–Trinajstić information content (AvgIpc) is 2.33. The van der Waals surface area contributed by atoms with E-state index in [1.54, 1.807) is 0 Å². The summed E-state index contributed by atoms with van der Waals surface area (Å²) in [5.74, 6) is -0.847. The van der Waals surface area contributed by atoms with Crippen molar-refractivity contribution in [2.75, 3.05) is 5.32 Å². The molecule has 0 radical (unpaired) electrons. The van der Waals surface area contributed by atoms with Crippen LogP contribution in [0.2, 0.25) is 0 Å². The number of nitro benzene ring substituents is 1. The first kappa shape index (κ1) is 13.0. The summed E-state index contributed by atoms with van der Waals surface area (Å²) in [5.41, 5.74) is 2.30. The van der Waals surface area contributed by atoms with Gasteiger partial charge in [-0.15, -0.1) is 0 Å². The quantitative estimate of drug-likeness (QED) is 0.667. The van der Waals surface area contributed by atoms with Gasteiger partial charge >= 0.3 is 5.69 Å². The Morgan fingerprint density at radius 1 is 1.16 bits per heavy atom. The molecule has 0 aromatic heterocycles. The van der Waals surface area contributed by atoms with E-state index in [9.17, 15) is 14.5 Å². The van der Waals surface area contributed by atoms with E-state index in [2.05, 4.69) is 5.32 Å². The van der Waals surface area contributed by atoms with E-state index in [4.69, 9.17) is 0 Å². The number of benzene rings is 2. The topological polar surface area (TPSA) is 55.2 Å². The number of nitro groups is 1. The molecule has 0 aliphatic heterocycles. The zero-order valence-corrected chi connectivity index (χ0v) is 10.6. The fraction of sp³-hybridized carbons (Fsp3) is 0.143. The number of halogens is 1. The Hall–Kier alpha value is -2.43. The van der Waals surface area contributed by atoms with E-state index in [0.29, 0.717) is 0 Å². The third kappa shape index (κ3) is 2.70. The van der Waals surface area contributed by atoms with Gasteiger partial charge in [0.05, 0.1) is 4.92 Å². The fourth-order valence-corrected chi connectivity index (χ4v) is 1.82. The summed E-state index contributed by atoms with van der Waals surface area (Å²) in [5, 5.41) is 13.8. The van der Waals surface area contributed by atoms with Crippen LogP contribution in [0.3, 0.4) is 0 Å². The van der Waals surface area contributed by atoms with Crippen LogP contribution in [0.4, 0.5) is 21.5 Å². The first-order chi connectivity index (χ1) is 8.99. The van der Waals surface area contributed by atoms with Crippen LogP contribution in [0.15, 0.2) is 36.4 Å². The third-order valence-corrected chi connectivity index (χ3v) is 2.83. The molecule has 0 unspecified atom stereocenters. The molecule has 0 bridgehead atoms. The minimum absolute atomic E-state index is 0.152. The van der Waals surface area contributed by atoms with Crippen LogP contribution in [0.25, 0.3) is 0 Å². The van der Waals surface area contributed by atoms with Crippen molar-refractivity contribution in [3.63, 3.8) is 0 Å². The lowest BCUT2D eigenvalue weighted by Crippen LogP contribution is -2.00. The molecular formula is C14H13FN2O2. The van der Waals surface area contributed by atoms with Crippen molar-refractivity contribution in [2.45, 2.75) is 13.8 Å². The van der Waals surface area contributed by atoms with E-state index in [1.807, 2.05) is 32.0 Å². The zero-order chi connectivity index (χ0) is 14.0. The first-order valence-electron chi connectivity index (χ1n) is 5.76. The van der Waals surface area contributed by atoms with Crippen molar-refractivity contribution >= 4 is 17.1 Å². The highest BCUT2D eigenvalue weighted by Crippen LogP contribution is 2.31. The molecule has 0 aliphatic carbocycles. The number of para-hydroxylation sites is 1. The molecule has 0 spiro atoms. The van der Waals surface area contributed by atoms with Gasteiger partial charge in [0.2, 0.25) is 5.82 Å². The maximum absolute atomic E-state index is 13.5. The minimum Gasteiger partial charge on any atom is -0.350 e. The van der Waals surface area contributed by atoms with Crippen LogP contribution in [0, 0.1) is 29.8 Å². The molecule has 1 N–H and O–H groups in total. The molecule has 0 amide bonds. The van der Waals surface area contributed by atoms with E-state index >= 15 is 0 Å². The predicted molar refractivity (Wildman–Crippen MR) is 72.3 cm³/mol. The molecule has 19 heavy (non-hydrogen) atoms. The van der Waals surface area contributed by atoms with Crippen molar-refractivity contribution in [1.82, 2.24) is 0 Å². The molecule has 2 aromatic rings. The van der Waals surface area contributed by atoms with Gasteiger partial charge in [-0.25, -0.2) is 0 Å². The summed E-state index contributed by atoms with van der Waals surface area (Å²) in [4.78, 5) is 10.2. The van der Waals surface area contributed by atoms with Crippen molar-refractivity contribution in [3.05, 3.63) is 63.5 Å². The summed E-state index contributed by atoms with van der Waals surface area (Å²) in [7, 11) is 0. The number of aryl methyl sites for hydroxylation is 2. The highest BCUT2D eigenvalue weighted by Gasteiger charge is 2.20. The molecule has 0 saturated heterocycles. The van der Waals surface area contributed by atoms with Gasteiger partial charge in [-0.05, 0) is 43.2 Å². The monoisotopic (exact) mass is 260 g/mol. The summed E-state index contributed by atoms with van der Waals surface area (Å²) in [6.07, 6.45) is 0. The summed E-state index contributed by atoms with van der Waals surface area (Å²) >= 11 is 0. The SMILES string of the molecule is Cc1ccc(C)c(Nc2cccc(F)c2[N+](=O)[O-])c1. The van der Waals surface area contributed by atoms with Crippen LogP contribution in [-0.2, 0) is 0 Å². The molecular weight excluding hydrogens is 247 g/mol. The normalized spacial score (nSPS) is 10.3. The third-order valence-electron chi connectivity index (χ3n) is 2.83. The molecule has 0 aliphatic rings. The number of nitrogens with one attached hydrogen (secondary N) is 1. The molecule has 0 saturated carbocycles. The Morgan fingerprint density at radius 3 is 2.58 bits per heavy atom. The van der Waals surface area contributed by atoms with Crippen molar-refractivity contribution in [2.24, 2.45) is 0 Å². The van der Waals surface area contributed by atoms with Gasteiger partial charge in [0.1, 0.15) is 5.69 Å². The number of nitrogens with zero attached hydrogens (tertiary/aromatic N) is 1. The lowest BCUT2D eigenvalue weighted by molar-refractivity contribution is -0.386. The van der Waals surface area contributed by atoms with Crippen LogP contribution < -0.4 is 5.32 Å². The summed E-state index contributed by atoms with van der Waals surface area (Å²) < 4.78 is 13.5. The van der Waals surface area contributed by atoms with Crippen molar-refractivity contribution < 1.29 is 9.31 Å². The van der Waals surface area contributed by atoms with Gasteiger partial charge < -0.3 is 5.32 Å². The Kier molecular flexibility index (Phi) is 3.46. The summed E-state index contributed by atoms with van der Waals surface area (Å²) in [6, 6.07) is 9.72. The van der Waals surface area contributed by atoms with Crippen LogP contribution in [0.5, 0.6) is 0 Å². The Morgan fingerprint density at radius 2 is 1.89 bits per heavy atom. The standard InChI is InChI=1S/C14H13FN2O2/c1-9-6-7-10(2)13(8-9)16-12-5-3-4-11(15)14(12)17(18)19/h3-8,16H,1-2H3. The predicted octanol–water partition coefficient (Wildman–Crippen LogP) is 4.09. The van der Waals surface area contributed by atoms with Crippen molar-refractivity contribution in [1.29, 1.82) is 0 Å². The van der Waals surface area contributed by atoms with Crippen LogP contribution >= 0.6 is 0 Å². The van der Waals surface area contributed by atoms with Gasteiger partial charge in [-0.3, -0.25) is 10.1 Å². The molecule has 2 aromatic carbocycles. The number of hydrogen-bond acceptors (Lipinski definition) is 3. The molecule has 0 fully saturated rings. The fourth-order valence-electron chi connectivity index (χ4n) is 1.82. The molecule has 2 rings (SSSR count). The number of hydrogen-bond donors (Lipinski definition) is 1. The molecule has 5 heteroatoms. The lowest BCUT2D eigenvalue weighted by Gasteiger charge is -2.11. The Labute approximate surface area is 110 Å². The molecule has 4 nitrogen and oxygen atoms in total. The van der Waals surface area contributed by atoms with E-state index < -0.39 is 16.4 Å². The van der Waals surface area contributed by atoms with Gasteiger partial charge in [0.25, 0.3) is 0 Å². The van der Waals surface area contributed by atoms with E-state index in [-0.39, 0.29) is 5.69 Å². The summed E-state index contributed by atoms with van der Waals surface area (Å²) in [6.45, 7) is 3.80. The maximum atomic E-state index is 13.5. The zero-order valence-electron chi connectivity index (χ0n) is 10.6. The highest BCUT2D eigenvalue weighted by molar-refractivity contribution is 5.71. The van der Waals surface area contributed by atoms with Crippen LogP contribution in [0.1, 0.15) is 11.1 Å². The highest BCUT2D eigenvalue weighted by atomic mass is 19.1. The van der Waals surface area contributed by atoms with E-state index in [0.717, 1.165) is 22.9 Å². The van der Waals surface area contributed by atoms with Gasteiger partial charge in [0.15, 0.2) is 0 Å². The van der Waals surface area contributed by atoms with E-state index in [1.165, 1.54) is 12.1 Å². The average molecular weight is 260 g/mol. The largest absolute Gasteiger partial charge is 0.350 e. The van der Waals surface area contributed by atoms with Gasteiger partial charge in [-0.2, -0.15) is 4.39 Å². The molecule has 0 atom stereocenters. The van der Waals surface area contributed by atoms with Gasteiger partial charge in [0, 0.05) is 5.69 Å². The van der Waals surface area contributed by atoms with Crippen LogP contribution in [-0.4, -0.2) is 4.92 Å². The Balaban J connectivity index is 2.46. The molecule has 0 heterocycles. The minimum atomic E-state index is -0.847. The second-order valence-electron chi connectivity index (χ2n) is 4.34. The maximum Gasteiger partial charge on any atom is 0.327 e. The van der Waals surface area contributed by atoms with Crippen molar-refractivity contribution in [3.8, 4) is 0 Å². The first-order valence-corrected chi connectivity index (χ1v) is 5.76. The smallest absolute Gasteiger partial charge is 0.327 e. The second kappa shape index (κ2) is 5.06. The lowest BCUT2D eigenvalue weighted by atomic mass is 10.1. The second-order valence-corrected chi connectivity index (χ2v) is 4.34. The Bertz CT molecular complexity index is 641.